The Balaban J connectivity index is 2.82. The minimum absolute atomic E-state index is 0.177. The van der Waals surface area contributed by atoms with Crippen LogP contribution in [0.2, 0.25) is 0 Å². The second-order valence-corrected chi connectivity index (χ2v) is 3.10. The van der Waals surface area contributed by atoms with Gasteiger partial charge in [0.1, 0.15) is 5.75 Å². The number of nitrogens with two attached hydrogens (primary N) is 1. The van der Waals surface area contributed by atoms with Gasteiger partial charge in [-0.1, -0.05) is 19.1 Å². The van der Waals surface area contributed by atoms with Gasteiger partial charge < -0.3 is 15.9 Å². The van der Waals surface area contributed by atoms with E-state index in [9.17, 15) is 10.2 Å². The molecule has 1 aromatic carbocycles. The van der Waals surface area contributed by atoms with E-state index in [1.54, 1.807) is 24.3 Å². The quantitative estimate of drug-likeness (QED) is 0.655. The molecule has 4 N–H and O–H groups in total. The average molecular weight is 181 g/mol. The molecule has 72 valence electrons. The highest BCUT2D eigenvalue weighted by molar-refractivity contribution is 5.29. The lowest BCUT2D eigenvalue weighted by Crippen LogP contribution is -2.25. The van der Waals surface area contributed by atoms with Crippen molar-refractivity contribution in [2.75, 3.05) is 0 Å². The molecule has 0 bridgehead atoms. The van der Waals surface area contributed by atoms with Crippen LogP contribution in [-0.2, 0) is 0 Å². The van der Waals surface area contributed by atoms with Crippen molar-refractivity contribution >= 4 is 0 Å². The highest BCUT2D eigenvalue weighted by Gasteiger charge is 2.14. The molecule has 0 radical (unpaired) electrons. The van der Waals surface area contributed by atoms with E-state index in [0.29, 0.717) is 6.42 Å². The van der Waals surface area contributed by atoms with Gasteiger partial charge in [0.15, 0.2) is 0 Å². The molecule has 0 heterocycles. The van der Waals surface area contributed by atoms with E-state index in [1.165, 1.54) is 0 Å². The van der Waals surface area contributed by atoms with Crippen LogP contribution < -0.4 is 5.73 Å². The number of phenolic OH excluding ortho intramolecular Hbond substituents is 1. The van der Waals surface area contributed by atoms with Gasteiger partial charge in [-0.15, -0.1) is 0 Å². The minimum atomic E-state index is -0.554. The van der Waals surface area contributed by atoms with Gasteiger partial charge >= 0.3 is 0 Å². The van der Waals surface area contributed by atoms with E-state index >= 15 is 0 Å². The molecule has 0 aliphatic rings. The Morgan fingerprint density at radius 2 is 2.15 bits per heavy atom. The van der Waals surface area contributed by atoms with Crippen LogP contribution >= 0.6 is 0 Å². The predicted molar refractivity (Wildman–Crippen MR) is 51.3 cm³/mol. The SMILES string of the molecule is CC[C@@H](O)[C@@H](N)c1cccc(O)c1. The van der Waals surface area contributed by atoms with Crippen molar-refractivity contribution < 1.29 is 10.2 Å². The van der Waals surface area contributed by atoms with E-state index in [0.717, 1.165) is 5.56 Å². The third-order valence-electron chi connectivity index (χ3n) is 2.09. The summed E-state index contributed by atoms with van der Waals surface area (Å²) in [6, 6.07) is 6.24. The van der Waals surface area contributed by atoms with Crippen molar-refractivity contribution in [3.05, 3.63) is 29.8 Å². The minimum Gasteiger partial charge on any atom is -0.508 e. The molecular formula is C10H15NO2. The fraction of sp³-hybridized carbons (Fsp3) is 0.400. The van der Waals surface area contributed by atoms with Crippen molar-refractivity contribution in [3.63, 3.8) is 0 Å². The lowest BCUT2D eigenvalue weighted by atomic mass is 10.0. The van der Waals surface area contributed by atoms with Gasteiger partial charge in [0, 0.05) is 0 Å². The first-order chi connectivity index (χ1) is 6.15. The molecule has 2 atom stereocenters. The third kappa shape index (κ3) is 2.44. The summed E-state index contributed by atoms with van der Waals surface area (Å²) in [5.74, 6) is 0.177. The maximum absolute atomic E-state index is 9.46. The normalized spacial score (nSPS) is 15.3. The van der Waals surface area contributed by atoms with Gasteiger partial charge in [-0.25, -0.2) is 0 Å². The number of aliphatic hydroxyl groups excluding tert-OH is 1. The zero-order valence-electron chi connectivity index (χ0n) is 7.64. The number of rotatable bonds is 3. The maximum atomic E-state index is 9.46. The van der Waals surface area contributed by atoms with Crippen LogP contribution in [0.1, 0.15) is 24.9 Å². The smallest absolute Gasteiger partial charge is 0.115 e. The first-order valence-electron chi connectivity index (χ1n) is 4.37. The van der Waals surface area contributed by atoms with Crippen molar-refractivity contribution in [3.8, 4) is 5.75 Å². The molecule has 0 aromatic heterocycles. The summed E-state index contributed by atoms with van der Waals surface area (Å²) in [7, 11) is 0. The fourth-order valence-electron chi connectivity index (χ4n) is 1.21. The Labute approximate surface area is 77.8 Å². The summed E-state index contributed by atoms with van der Waals surface area (Å²) >= 11 is 0. The molecule has 0 amide bonds. The molecule has 0 aliphatic carbocycles. The topological polar surface area (TPSA) is 66.5 Å². The van der Waals surface area contributed by atoms with Crippen LogP contribution in [0, 0.1) is 0 Å². The predicted octanol–water partition coefficient (Wildman–Crippen LogP) is 1.16. The summed E-state index contributed by atoms with van der Waals surface area (Å²) in [6.07, 6.45) is 0.0541. The van der Waals surface area contributed by atoms with Crippen LogP contribution in [0.3, 0.4) is 0 Å². The highest BCUT2D eigenvalue weighted by Crippen LogP contribution is 2.20. The molecule has 1 rings (SSSR count). The lowest BCUT2D eigenvalue weighted by Gasteiger charge is -2.17. The Morgan fingerprint density at radius 1 is 1.46 bits per heavy atom. The van der Waals surface area contributed by atoms with Crippen LogP contribution in [0.15, 0.2) is 24.3 Å². The maximum Gasteiger partial charge on any atom is 0.115 e. The summed E-state index contributed by atoms with van der Waals surface area (Å²) < 4.78 is 0. The van der Waals surface area contributed by atoms with E-state index < -0.39 is 12.1 Å². The molecule has 13 heavy (non-hydrogen) atoms. The number of hydrogen-bond donors (Lipinski definition) is 3. The van der Waals surface area contributed by atoms with Gasteiger partial charge in [-0.2, -0.15) is 0 Å². The Morgan fingerprint density at radius 3 is 2.69 bits per heavy atom. The van der Waals surface area contributed by atoms with Gasteiger partial charge in [-0.3, -0.25) is 0 Å². The summed E-state index contributed by atoms with van der Waals surface area (Å²) in [5.41, 5.74) is 6.52. The van der Waals surface area contributed by atoms with Gasteiger partial charge in [0.05, 0.1) is 12.1 Å². The second kappa shape index (κ2) is 4.25. The van der Waals surface area contributed by atoms with Gasteiger partial charge in [0.25, 0.3) is 0 Å². The molecular weight excluding hydrogens is 166 g/mol. The van der Waals surface area contributed by atoms with Crippen molar-refractivity contribution in [2.45, 2.75) is 25.5 Å². The molecule has 0 saturated carbocycles. The largest absolute Gasteiger partial charge is 0.508 e. The molecule has 0 saturated heterocycles. The molecule has 3 heteroatoms. The first-order valence-corrected chi connectivity index (χ1v) is 4.37. The average Bonchev–Trinajstić information content (AvgIpc) is 2.15. The zero-order chi connectivity index (χ0) is 9.84. The standard InChI is InChI=1S/C10H15NO2/c1-2-9(13)10(11)7-4-3-5-8(12)6-7/h3-6,9-10,12-13H,2,11H2,1H3/t9-,10+/m1/s1. The number of aromatic hydroxyl groups is 1. The van der Waals surface area contributed by atoms with Crippen molar-refractivity contribution in [1.82, 2.24) is 0 Å². The van der Waals surface area contributed by atoms with Gasteiger partial charge in [0.2, 0.25) is 0 Å². The van der Waals surface area contributed by atoms with Crippen molar-refractivity contribution in [1.29, 1.82) is 0 Å². The molecule has 0 unspecified atom stereocenters. The number of phenols is 1. The van der Waals surface area contributed by atoms with E-state index in [-0.39, 0.29) is 5.75 Å². The molecule has 0 aliphatic heterocycles. The van der Waals surface area contributed by atoms with E-state index in [1.807, 2.05) is 6.92 Å². The highest BCUT2D eigenvalue weighted by atomic mass is 16.3. The summed E-state index contributed by atoms with van der Waals surface area (Å²) in [5, 5.41) is 18.6. The van der Waals surface area contributed by atoms with Crippen LogP contribution in [0.5, 0.6) is 5.75 Å². The van der Waals surface area contributed by atoms with Crippen molar-refractivity contribution in [2.24, 2.45) is 5.73 Å². The summed E-state index contributed by atoms with van der Waals surface area (Å²) in [6.45, 7) is 1.87. The number of aliphatic hydroxyl groups is 1. The summed E-state index contributed by atoms with van der Waals surface area (Å²) in [4.78, 5) is 0. The van der Waals surface area contributed by atoms with Crippen LogP contribution in [-0.4, -0.2) is 16.3 Å². The number of benzene rings is 1. The lowest BCUT2D eigenvalue weighted by molar-refractivity contribution is 0.140. The first kappa shape index (κ1) is 10.0. The van der Waals surface area contributed by atoms with Crippen LogP contribution in [0.4, 0.5) is 0 Å². The zero-order valence-corrected chi connectivity index (χ0v) is 7.64. The Kier molecular flexibility index (Phi) is 3.28. The fourth-order valence-corrected chi connectivity index (χ4v) is 1.21. The number of hydrogen-bond acceptors (Lipinski definition) is 3. The van der Waals surface area contributed by atoms with E-state index in [4.69, 9.17) is 5.73 Å². The third-order valence-corrected chi connectivity index (χ3v) is 2.09. The van der Waals surface area contributed by atoms with E-state index in [2.05, 4.69) is 0 Å². The molecule has 0 spiro atoms. The Bertz CT molecular complexity index is 275. The second-order valence-electron chi connectivity index (χ2n) is 3.10. The monoisotopic (exact) mass is 181 g/mol. The molecule has 1 aromatic rings. The van der Waals surface area contributed by atoms with Gasteiger partial charge in [-0.05, 0) is 24.1 Å². The van der Waals surface area contributed by atoms with Crippen LogP contribution in [0.25, 0.3) is 0 Å². The molecule has 0 fully saturated rings. The molecule has 3 nitrogen and oxygen atoms in total. The Hall–Kier alpha value is -1.06.